The number of pyridine rings is 1. The summed E-state index contributed by atoms with van der Waals surface area (Å²) in [7, 11) is 4.03. The van der Waals surface area contributed by atoms with Crippen molar-refractivity contribution in [1.82, 2.24) is 19.4 Å². The van der Waals surface area contributed by atoms with Crippen molar-refractivity contribution < 1.29 is 5.11 Å². The van der Waals surface area contributed by atoms with Crippen LogP contribution in [0.1, 0.15) is 19.5 Å². The number of anilines is 1. The Morgan fingerprint density at radius 3 is 2.57 bits per heavy atom. The standard InChI is InChI=1S/C23H29N5O2/c1-5-27(6-2)14-17-15-10-11-16(24-12-13-26(3)4)20-22(15)28(25-17)18-8-7-9-19(29)21(18)23(20)30/h7-11,24,29H,5-6,12-14H2,1-4H3. The molecule has 0 bridgehead atoms. The lowest BCUT2D eigenvalue weighted by atomic mass is 10.0. The van der Waals surface area contributed by atoms with Crippen LogP contribution >= 0.6 is 0 Å². The zero-order valence-electron chi connectivity index (χ0n) is 18.1. The van der Waals surface area contributed by atoms with Gasteiger partial charge in [-0.3, -0.25) is 9.69 Å². The molecule has 7 nitrogen and oxygen atoms in total. The lowest BCUT2D eigenvalue weighted by Gasteiger charge is -2.16. The Hall–Kier alpha value is -2.90. The van der Waals surface area contributed by atoms with Crippen LogP contribution < -0.4 is 10.7 Å². The topological polar surface area (TPSA) is 73.1 Å². The number of nitrogens with zero attached hydrogens (tertiary/aromatic N) is 4. The highest BCUT2D eigenvalue weighted by atomic mass is 16.3. The summed E-state index contributed by atoms with van der Waals surface area (Å²) in [6.45, 7) is 8.40. The van der Waals surface area contributed by atoms with E-state index in [1.807, 2.05) is 30.7 Å². The van der Waals surface area contributed by atoms with Gasteiger partial charge in [0.25, 0.3) is 0 Å². The first-order valence-electron chi connectivity index (χ1n) is 10.5. The SMILES string of the molecule is CCN(CC)Cc1nn2c3cccc(O)c3c(=O)c3c(NCCN(C)C)ccc1c32. The largest absolute Gasteiger partial charge is 0.507 e. The quantitative estimate of drug-likeness (QED) is 0.438. The molecule has 2 aromatic heterocycles. The second-order valence-corrected chi connectivity index (χ2v) is 7.93. The molecule has 4 aromatic rings. The van der Waals surface area contributed by atoms with Crippen LogP contribution in [0.15, 0.2) is 35.1 Å². The van der Waals surface area contributed by atoms with Gasteiger partial charge in [-0.25, -0.2) is 4.52 Å². The van der Waals surface area contributed by atoms with E-state index in [4.69, 9.17) is 5.10 Å². The van der Waals surface area contributed by atoms with Gasteiger partial charge >= 0.3 is 0 Å². The molecular formula is C23H29N5O2. The van der Waals surface area contributed by atoms with E-state index < -0.39 is 0 Å². The average Bonchev–Trinajstić information content (AvgIpc) is 3.09. The normalized spacial score (nSPS) is 12.2. The van der Waals surface area contributed by atoms with Crippen molar-refractivity contribution in [3.63, 3.8) is 0 Å². The molecule has 0 amide bonds. The Labute approximate surface area is 175 Å². The third kappa shape index (κ3) is 3.34. The lowest BCUT2D eigenvalue weighted by Crippen LogP contribution is -2.22. The average molecular weight is 408 g/mol. The van der Waals surface area contributed by atoms with Crippen LogP contribution in [0.25, 0.3) is 27.2 Å². The number of rotatable bonds is 8. The Morgan fingerprint density at radius 2 is 1.87 bits per heavy atom. The van der Waals surface area contributed by atoms with Crippen molar-refractivity contribution >= 4 is 32.9 Å². The number of nitrogens with one attached hydrogen (secondary N) is 1. The van der Waals surface area contributed by atoms with Crippen LogP contribution in [0, 0.1) is 0 Å². The molecule has 0 atom stereocenters. The summed E-state index contributed by atoms with van der Waals surface area (Å²) in [6.07, 6.45) is 0. The van der Waals surface area contributed by atoms with Gasteiger partial charge in [-0.1, -0.05) is 19.9 Å². The van der Waals surface area contributed by atoms with Gasteiger partial charge in [0.15, 0.2) is 0 Å². The smallest absolute Gasteiger partial charge is 0.203 e. The first-order valence-corrected chi connectivity index (χ1v) is 10.5. The van der Waals surface area contributed by atoms with Gasteiger partial charge in [0.2, 0.25) is 5.43 Å². The Balaban J connectivity index is 2.01. The van der Waals surface area contributed by atoms with Crippen LogP contribution in [0.2, 0.25) is 0 Å². The molecule has 2 N–H and O–H groups in total. The summed E-state index contributed by atoms with van der Waals surface area (Å²) < 4.78 is 1.83. The number of hydrogen-bond acceptors (Lipinski definition) is 6. The van der Waals surface area contributed by atoms with Crippen molar-refractivity contribution in [3.8, 4) is 5.75 Å². The molecule has 2 heterocycles. The first-order chi connectivity index (χ1) is 14.5. The molecule has 7 heteroatoms. The van der Waals surface area contributed by atoms with Gasteiger partial charge in [0.1, 0.15) is 5.75 Å². The van der Waals surface area contributed by atoms with E-state index in [0.717, 1.165) is 41.9 Å². The summed E-state index contributed by atoms with van der Waals surface area (Å²) in [5, 5.41) is 20.7. The van der Waals surface area contributed by atoms with Crippen LogP contribution in [-0.2, 0) is 6.54 Å². The molecular weight excluding hydrogens is 378 g/mol. The minimum absolute atomic E-state index is 0.0137. The molecule has 30 heavy (non-hydrogen) atoms. The summed E-state index contributed by atoms with van der Waals surface area (Å²) in [4.78, 5) is 17.9. The van der Waals surface area contributed by atoms with Crippen molar-refractivity contribution in [1.29, 1.82) is 0 Å². The fourth-order valence-corrected chi connectivity index (χ4v) is 4.07. The van der Waals surface area contributed by atoms with Gasteiger partial charge in [-0.15, -0.1) is 0 Å². The fraction of sp³-hybridized carbons (Fsp3) is 0.391. The molecule has 0 aliphatic heterocycles. The van der Waals surface area contributed by atoms with Crippen LogP contribution in [0.3, 0.4) is 0 Å². The maximum Gasteiger partial charge on any atom is 0.203 e. The van der Waals surface area contributed by atoms with E-state index >= 15 is 0 Å². The highest BCUT2D eigenvalue weighted by Crippen LogP contribution is 2.33. The molecule has 0 aliphatic carbocycles. The van der Waals surface area contributed by atoms with Gasteiger partial charge < -0.3 is 15.3 Å². The molecule has 4 rings (SSSR count). The molecule has 0 fully saturated rings. The first kappa shape index (κ1) is 20.4. The highest BCUT2D eigenvalue weighted by molar-refractivity contribution is 6.09. The summed E-state index contributed by atoms with van der Waals surface area (Å²) >= 11 is 0. The number of aromatic hydroxyl groups is 1. The van der Waals surface area contributed by atoms with E-state index in [9.17, 15) is 9.90 Å². The van der Waals surface area contributed by atoms with Crippen LogP contribution in [0.4, 0.5) is 5.69 Å². The third-order valence-electron chi connectivity index (χ3n) is 5.77. The molecule has 0 saturated carbocycles. The van der Waals surface area contributed by atoms with Crippen molar-refractivity contribution in [2.24, 2.45) is 0 Å². The van der Waals surface area contributed by atoms with Gasteiger partial charge in [-0.05, 0) is 51.5 Å². The molecule has 158 valence electrons. The minimum atomic E-state index is -0.164. The molecule has 0 spiro atoms. The number of benzene rings is 2. The fourth-order valence-electron chi connectivity index (χ4n) is 4.07. The van der Waals surface area contributed by atoms with E-state index in [1.165, 1.54) is 0 Å². The van der Waals surface area contributed by atoms with Gasteiger partial charge in [0, 0.05) is 30.7 Å². The van der Waals surface area contributed by atoms with Crippen molar-refractivity contribution in [2.75, 3.05) is 45.6 Å². The van der Waals surface area contributed by atoms with E-state index in [0.29, 0.717) is 29.4 Å². The number of likely N-dealkylation sites (N-methyl/N-ethyl adjacent to an activating group) is 1. The van der Waals surface area contributed by atoms with Gasteiger partial charge in [-0.2, -0.15) is 5.10 Å². The molecule has 0 aliphatic rings. The Kier molecular flexibility index (Phi) is 5.49. The maximum absolute atomic E-state index is 13.5. The summed E-state index contributed by atoms with van der Waals surface area (Å²) in [5.41, 5.74) is 3.00. The predicted molar refractivity (Wildman–Crippen MR) is 123 cm³/mol. The zero-order chi connectivity index (χ0) is 21.4. The van der Waals surface area contributed by atoms with Crippen molar-refractivity contribution in [3.05, 3.63) is 46.2 Å². The van der Waals surface area contributed by atoms with E-state index in [1.54, 1.807) is 12.1 Å². The second kappa shape index (κ2) is 8.08. The monoisotopic (exact) mass is 407 g/mol. The summed E-state index contributed by atoms with van der Waals surface area (Å²) in [6, 6.07) is 9.17. The third-order valence-corrected chi connectivity index (χ3v) is 5.77. The number of hydrogen-bond donors (Lipinski definition) is 2. The molecule has 0 saturated heterocycles. The van der Waals surface area contributed by atoms with Crippen molar-refractivity contribution in [2.45, 2.75) is 20.4 Å². The van der Waals surface area contributed by atoms with Crippen LogP contribution in [-0.4, -0.2) is 64.8 Å². The van der Waals surface area contributed by atoms with Crippen LogP contribution in [0.5, 0.6) is 5.75 Å². The summed E-state index contributed by atoms with van der Waals surface area (Å²) in [5.74, 6) is -0.0137. The lowest BCUT2D eigenvalue weighted by molar-refractivity contribution is 0.293. The Morgan fingerprint density at radius 1 is 1.10 bits per heavy atom. The minimum Gasteiger partial charge on any atom is -0.507 e. The van der Waals surface area contributed by atoms with E-state index in [2.05, 4.69) is 35.0 Å². The molecule has 0 radical (unpaired) electrons. The number of phenolic OH excluding ortho intramolecular Hbond substituents is 1. The van der Waals surface area contributed by atoms with E-state index in [-0.39, 0.29) is 11.2 Å². The molecule has 2 aromatic carbocycles. The predicted octanol–water partition coefficient (Wildman–Crippen LogP) is 2.96. The van der Waals surface area contributed by atoms with Gasteiger partial charge in [0.05, 0.1) is 27.5 Å². The molecule has 0 unspecified atom stereocenters. The second-order valence-electron chi connectivity index (χ2n) is 7.93. The number of aromatic nitrogens is 2. The zero-order valence-corrected chi connectivity index (χ0v) is 18.1. The number of phenols is 1. The highest BCUT2D eigenvalue weighted by Gasteiger charge is 2.21. The Bertz CT molecular complexity index is 1240. The maximum atomic E-state index is 13.5. The number of fused-ring (bicyclic) bond motifs is 2.